The van der Waals surface area contributed by atoms with Crippen molar-refractivity contribution in [1.29, 1.82) is 0 Å². The van der Waals surface area contributed by atoms with Gasteiger partial charge in [0.05, 0.1) is 18.7 Å². The average molecular weight is 434 g/mol. The highest BCUT2D eigenvalue weighted by Crippen LogP contribution is 2.49. The molecule has 32 heavy (non-hydrogen) atoms. The molecule has 5 rings (SSSR count). The van der Waals surface area contributed by atoms with E-state index >= 15 is 0 Å². The number of fused-ring (bicyclic) bond motifs is 3. The smallest absolute Gasteiger partial charge is 0.254 e. The molecule has 1 amide bonds. The lowest BCUT2D eigenvalue weighted by Gasteiger charge is -2.44. The first-order valence-corrected chi connectivity index (χ1v) is 10.8. The first kappa shape index (κ1) is 20.6. The van der Waals surface area contributed by atoms with Crippen LogP contribution in [0.5, 0.6) is 0 Å². The van der Waals surface area contributed by atoms with Crippen LogP contribution in [0.25, 0.3) is 11.1 Å². The molecule has 2 aliphatic heterocycles. The number of halogens is 2. The second-order valence-electron chi connectivity index (χ2n) is 8.55. The molecule has 3 aromatic carbocycles. The van der Waals surface area contributed by atoms with E-state index in [0.29, 0.717) is 12.1 Å². The molecule has 0 radical (unpaired) electrons. The van der Waals surface area contributed by atoms with E-state index in [4.69, 9.17) is 0 Å². The van der Waals surface area contributed by atoms with Gasteiger partial charge in [-0.1, -0.05) is 24.3 Å². The fourth-order valence-electron chi connectivity index (χ4n) is 5.32. The van der Waals surface area contributed by atoms with E-state index in [9.17, 15) is 18.7 Å². The lowest BCUT2D eigenvalue weighted by atomic mass is 9.81. The molecule has 164 valence electrons. The van der Waals surface area contributed by atoms with Gasteiger partial charge in [-0.25, -0.2) is 8.78 Å². The van der Waals surface area contributed by atoms with Crippen LogP contribution in [0.15, 0.2) is 66.7 Å². The van der Waals surface area contributed by atoms with Crippen LogP contribution in [0.3, 0.4) is 0 Å². The van der Waals surface area contributed by atoms with Crippen LogP contribution in [-0.2, 0) is 0 Å². The van der Waals surface area contributed by atoms with Crippen LogP contribution in [-0.4, -0.2) is 42.2 Å². The SMILES string of the molecule is CN1c2ccc(-c3cccc(F)c3)cc2[C@@H]2[C@@H](CCN2C(=O)c2cccc(F)c2)[C@H]1CO. The maximum atomic E-state index is 13.8. The summed E-state index contributed by atoms with van der Waals surface area (Å²) < 4.78 is 27.6. The zero-order valence-corrected chi connectivity index (χ0v) is 17.7. The number of hydrogen-bond donors (Lipinski definition) is 1. The number of amides is 1. The number of aliphatic hydroxyl groups is 1. The summed E-state index contributed by atoms with van der Waals surface area (Å²) in [7, 11) is 1.95. The maximum Gasteiger partial charge on any atom is 0.254 e. The molecule has 3 atom stereocenters. The fraction of sp³-hybridized carbons (Fsp3) is 0.269. The number of carbonyl (C=O) groups excluding carboxylic acids is 1. The minimum absolute atomic E-state index is 0.0231. The molecule has 2 heterocycles. The lowest BCUT2D eigenvalue weighted by Crippen LogP contribution is -2.48. The molecule has 0 unspecified atom stereocenters. The Hall–Kier alpha value is -3.25. The van der Waals surface area contributed by atoms with Gasteiger partial charge in [0.25, 0.3) is 5.91 Å². The highest BCUT2D eigenvalue weighted by atomic mass is 19.1. The van der Waals surface area contributed by atoms with Gasteiger partial charge in [0, 0.05) is 30.8 Å². The van der Waals surface area contributed by atoms with Crippen LogP contribution in [0.1, 0.15) is 28.4 Å². The summed E-state index contributed by atoms with van der Waals surface area (Å²) in [6.45, 7) is 0.503. The summed E-state index contributed by atoms with van der Waals surface area (Å²) in [5.41, 5.74) is 3.84. The largest absolute Gasteiger partial charge is 0.394 e. The summed E-state index contributed by atoms with van der Waals surface area (Å²) in [5.74, 6) is -0.936. The molecule has 3 aromatic rings. The zero-order chi connectivity index (χ0) is 22.4. The predicted molar refractivity (Wildman–Crippen MR) is 119 cm³/mol. The number of rotatable bonds is 3. The van der Waals surface area contributed by atoms with Gasteiger partial charge in [-0.15, -0.1) is 0 Å². The van der Waals surface area contributed by atoms with Crippen molar-refractivity contribution in [2.24, 2.45) is 5.92 Å². The van der Waals surface area contributed by atoms with E-state index in [2.05, 4.69) is 4.90 Å². The van der Waals surface area contributed by atoms with Crippen molar-refractivity contribution in [2.75, 3.05) is 25.1 Å². The van der Waals surface area contributed by atoms with Gasteiger partial charge in [-0.05, 0) is 65.6 Å². The van der Waals surface area contributed by atoms with Gasteiger partial charge in [-0.2, -0.15) is 0 Å². The third kappa shape index (κ3) is 3.35. The Morgan fingerprint density at radius 3 is 2.44 bits per heavy atom. The Kier molecular flexibility index (Phi) is 5.18. The Balaban J connectivity index is 1.61. The molecule has 0 aromatic heterocycles. The van der Waals surface area contributed by atoms with Crippen molar-refractivity contribution in [3.05, 3.63) is 89.5 Å². The van der Waals surface area contributed by atoms with Crippen molar-refractivity contribution in [2.45, 2.75) is 18.5 Å². The molecule has 0 aliphatic carbocycles. The molecule has 2 aliphatic rings. The van der Waals surface area contributed by atoms with Crippen molar-refractivity contribution in [3.63, 3.8) is 0 Å². The highest BCUT2D eigenvalue weighted by molar-refractivity contribution is 5.95. The van der Waals surface area contributed by atoms with Crippen molar-refractivity contribution in [3.8, 4) is 11.1 Å². The molecular weight excluding hydrogens is 410 g/mol. The minimum atomic E-state index is -0.447. The molecule has 0 bridgehead atoms. The molecule has 1 saturated heterocycles. The Morgan fingerprint density at radius 1 is 1.00 bits per heavy atom. The summed E-state index contributed by atoms with van der Waals surface area (Å²) in [6, 6.07) is 17.7. The molecule has 4 nitrogen and oxygen atoms in total. The maximum absolute atomic E-state index is 13.8. The number of anilines is 1. The fourth-order valence-corrected chi connectivity index (χ4v) is 5.32. The Morgan fingerprint density at radius 2 is 1.72 bits per heavy atom. The van der Waals surface area contributed by atoms with Crippen LogP contribution >= 0.6 is 0 Å². The topological polar surface area (TPSA) is 43.8 Å². The van der Waals surface area contributed by atoms with Gasteiger partial charge in [0.1, 0.15) is 11.6 Å². The quantitative estimate of drug-likeness (QED) is 0.653. The van der Waals surface area contributed by atoms with Crippen LogP contribution < -0.4 is 4.90 Å². The molecule has 0 saturated carbocycles. The number of benzene rings is 3. The number of likely N-dealkylation sites (N-methyl/N-ethyl adjacent to an activating group) is 1. The number of likely N-dealkylation sites (tertiary alicyclic amines) is 1. The predicted octanol–water partition coefficient (Wildman–Crippen LogP) is 4.65. The van der Waals surface area contributed by atoms with E-state index in [0.717, 1.165) is 28.8 Å². The standard InChI is InChI=1S/C26H24F2N2O2/c1-29-23-9-8-17(16-4-2-6-19(27)12-16)14-22(23)25-21(24(29)15-31)10-11-30(25)26(32)18-5-3-7-20(28)13-18/h2-9,12-14,21,24-25,31H,10-11,15H2,1H3/t21-,24+,25-/m0/s1. The molecule has 0 spiro atoms. The minimum Gasteiger partial charge on any atom is -0.394 e. The summed E-state index contributed by atoms with van der Waals surface area (Å²) >= 11 is 0. The number of hydrogen-bond acceptors (Lipinski definition) is 3. The second kappa shape index (κ2) is 8.02. The molecule has 6 heteroatoms. The van der Waals surface area contributed by atoms with Crippen molar-refractivity contribution >= 4 is 11.6 Å². The van der Waals surface area contributed by atoms with Crippen molar-refractivity contribution in [1.82, 2.24) is 4.90 Å². The molecular formula is C26H24F2N2O2. The summed E-state index contributed by atoms with van der Waals surface area (Å²) in [4.78, 5) is 17.2. The number of aliphatic hydroxyl groups excluding tert-OH is 1. The third-order valence-corrected chi connectivity index (χ3v) is 6.84. The number of carbonyl (C=O) groups is 1. The lowest BCUT2D eigenvalue weighted by molar-refractivity contribution is 0.0693. The van der Waals surface area contributed by atoms with Crippen molar-refractivity contribution < 1.29 is 18.7 Å². The van der Waals surface area contributed by atoms with Gasteiger partial charge in [-0.3, -0.25) is 4.79 Å². The summed E-state index contributed by atoms with van der Waals surface area (Å²) in [5, 5.41) is 10.1. The van der Waals surface area contributed by atoms with E-state index in [1.54, 1.807) is 17.0 Å². The second-order valence-corrected chi connectivity index (χ2v) is 8.55. The van der Waals surface area contributed by atoms with Crippen LogP contribution in [0.2, 0.25) is 0 Å². The van der Waals surface area contributed by atoms with E-state index in [1.165, 1.54) is 30.3 Å². The van der Waals surface area contributed by atoms with Gasteiger partial charge >= 0.3 is 0 Å². The first-order chi connectivity index (χ1) is 15.5. The highest BCUT2D eigenvalue weighted by Gasteiger charge is 2.47. The normalized spacial score (nSPS) is 21.9. The number of nitrogens with zero attached hydrogens (tertiary/aromatic N) is 2. The van der Waals surface area contributed by atoms with E-state index in [1.807, 2.05) is 31.3 Å². The average Bonchev–Trinajstić information content (AvgIpc) is 3.23. The van der Waals surface area contributed by atoms with Gasteiger partial charge in [0.15, 0.2) is 0 Å². The molecule has 1 N–H and O–H groups in total. The Bertz CT molecular complexity index is 1180. The van der Waals surface area contributed by atoms with Gasteiger partial charge in [0.2, 0.25) is 0 Å². The van der Waals surface area contributed by atoms with E-state index < -0.39 is 5.82 Å². The zero-order valence-electron chi connectivity index (χ0n) is 17.7. The molecule has 1 fully saturated rings. The Labute approximate surface area is 185 Å². The van der Waals surface area contributed by atoms with Crippen LogP contribution in [0.4, 0.5) is 14.5 Å². The summed E-state index contributed by atoms with van der Waals surface area (Å²) in [6.07, 6.45) is 0.741. The van der Waals surface area contributed by atoms with E-state index in [-0.39, 0.29) is 36.3 Å². The third-order valence-electron chi connectivity index (χ3n) is 6.84. The monoisotopic (exact) mass is 434 g/mol. The van der Waals surface area contributed by atoms with Gasteiger partial charge < -0.3 is 14.9 Å². The van der Waals surface area contributed by atoms with Crippen LogP contribution in [0, 0.1) is 17.6 Å². The first-order valence-electron chi connectivity index (χ1n) is 10.8.